The summed E-state index contributed by atoms with van der Waals surface area (Å²) in [5.74, 6) is 1.21. The van der Waals surface area contributed by atoms with Crippen molar-refractivity contribution in [1.82, 2.24) is 4.57 Å². The van der Waals surface area contributed by atoms with Crippen molar-refractivity contribution in [1.29, 1.82) is 0 Å². The van der Waals surface area contributed by atoms with E-state index >= 15 is 0 Å². The molecule has 0 unspecified atom stereocenters. The molecule has 9 heteroatoms. The summed E-state index contributed by atoms with van der Waals surface area (Å²) in [7, 11) is -2.60. The van der Waals surface area contributed by atoms with Crippen molar-refractivity contribution in [3.63, 3.8) is 0 Å². The van der Waals surface area contributed by atoms with Crippen LogP contribution in [0.2, 0.25) is 0 Å². The van der Waals surface area contributed by atoms with E-state index in [1.807, 2.05) is 0 Å². The van der Waals surface area contributed by atoms with Gasteiger partial charge in [-0.1, -0.05) is 17.3 Å². The van der Waals surface area contributed by atoms with Crippen molar-refractivity contribution in [2.24, 2.45) is 4.99 Å². The third-order valence-electron chi connectivity index (χ3n) is 3.11. The van der Waals surface area contributed by atoms with E-state index in [0.29, 0.717) is 5.75 Å². The van der Waals surface area contributed by atoms with Crippen molar-refractivity contribution in [2.45, 2.75) is 13.5 Å². The van der Waals surface area contributed by atoms with Crippen LogP contribution in [-0.2, 0) is 26.0 Å². The van der Waals surface area contributed by atoms with Gasteiger partial charge in [-0.3, -0.25) is 9.59 Å². The largest absolute Gasteiger partial charge is 0.497 e. The van der Waals surface area contributed by atoms with E-state index in [0.717, 1.165) is 17.1 Å². The van der Waals surface area contributed by atoms with Gasteiger partial charge in [0.25, 0.3) is 5.91 Å². The number of hydrogen-bond donors (Lipinski definition) is 0. The number of methoxy groups -OCH3 is 1. The number of sulfone groups is 1. The van der Waals surface area contributed by atoms with Gasteiger partial charge in [-0.05, 0) is 18.2 Å². The third-order valence-corrected chi connectivity index (χ3v) is 5.66. The van der Waals surface area contributed by atoms with Crippen molar-refractivity contribution in [3.05, 3.63) is 23.0 Å². The number of ether oxygens (including phenoxy) is 1. The van der Waals surface area contributed by atoms with E-state index in [1.54, 1.807) is 22.8 Å². The molecule has 0 bridgehead atoms. The number of terminal acetylenes is 1. The van der Waals surface area contributed by atoms with Crippen LogP contribution in [0.15, 0.2) is 23.2 Å². The molecule has 2 rings (SSSR count). The number of fused-ring (bicyclic) bond motifs is 1. The number of hydrogen-bond acceptors (Lipinski definition) is 6. The van der Waals surface area contributed by atoms with E-state index in [-0.39, 0.29) is 11.3 Å². The maximum Gasteiger partial charge on any atom is 0.264 e. The molecule has 7 nitrogen and oxygen atoms in total. The Morgan fingerprint density at radius 3 is 2.71 bits per heavy atom. The number of thiazole rings is 1. The normalized spacial score (nSPS) is 12.1. The lowest BCUT2D eigenvalue weighted by molar-refractivity contribution is -0.116. The molecule has 0 fully saturated rings. The first-order chi connectivity index (χ1) is 11.3. The Bertz CT molecular complexity index is 1020. The monoisotopic (exact) mass is 366 g/mol. The van der Waals surface area contributed by atoms with Crippen LogP contribution >= 0.6 is 11.3 Å². The Hall–Kier alpha value is -2.44. The number of aromatic nitrogens is 1. The Kier molecular flexibility index (Phi) is 5.21. The number of benzene rings is 1. The summed E-state index contributed by atoms with van der Waals surface area (Å²) in [5, 5.41) is -1.07. The molecule has 0 aliphatic carbocycles. The lowest BCUT2D eigenvalue weighted by Gasteiger charge is -2.01. The SMILES string of the molecule is C#CCn1c(=NC(=O)CS(=O)(=O)C(C)=O)sc2cc(OC)ccc21. The second-order valence-electron chi connectivity index (χ2n) is 4.76. The van der Waals surface area contributed by atoms with Gasteiger partial charge in [0.2, 0.25) is 15.0 Å². The molecule has 1 heterocycles. The standard InChI is InChI=1S/C15H14N2O5S2/c1-4-7-17-12-6-5-11(22-3)8-13(12)23-15(17)16-14(19)9-24(20,21)10(2)18/h1,5-6,8H,7,9H2,2-3H3. The van der Waals surface area contributed by atoms with E-state index in [9.17, 15) is 18.0 Å². The van der Waals surface area contributed by atoms with Crippen molar-refractivity contribution >= 4 is 42.4 Å². The molecule has 0 saturated carbocycles. The quantitative estimate of drug-likeness (QED) is 0.744. The van der Waals surface area contributed by atoms with Gasteiger partial charge in [-0.2, -0.15) is 4.99 Å². The van der Waals surface area contributed by atoms with Crippen LogP contribution in [0.3, 0.4) is 0 Å². The molecule has 0 radical (unpaired) electrons. The van der Waals surface area contributed by atoms with Gasteiger partial charge in [0.05, 0.1) is 23.9 Å². The predicted octanol–water partition coefficient (Wildman–Crippen LogP) is 0.733. The number of carbonyl (C=O) groups excluding carboxylic acids is 2. The molecule has 0 saturated heterocycles. The Morgan fingerprint density at radius 2 is 2.12 bits per heavy atom. The van der Waals surface area contributed by atoms with Crippen molar-refractivity contribution in [3.8, 4) is 18.1 Å². The summed E-state index contributed by atoms with van der Waals surface area (Å²) < 4.78 is 30.6. The zero-order chi connectivity index (χ0) is 17.9. The van der Waals surface area contributed by atoms with E-state index < -0.39 is 26.6 Å². The second kappa shape index (κ2) is 6.98. The molecule has 126 valence electrons. The van der Waals surface area contributed by atoms with Crippen LogP contribution in [0.25, 0.3) is 10.2 Å². The molecule has 24 heavy (non-hydrogen) atoms. The highest BCUT2D eigenvalue weighted by atomic mass is 32.2. The molecule has 0 atom stereocenters. The van der Waals surface area contributed by atoms with Gasteiger partial charge in [-0.25, -0.2) is 8.42 Å². The lowest BCUT2D eigenvalue weighted by Crippen LogP contribution is -2.23. The predicted molar refractivity (Wildman–Crippen MR) is 90.2 cm³/mol. The summed E-state index contributed by atoms with van der Waals surface area (Å²) in [6, 6.07) is 5.29. The molecule has 0 aliphatic rings. The van der Waals surface area contributed by atoms with Gasteiger partial charge in [-0.15, -0.1) is 6.42 Å². The van der Waals surface area contributed by atoms with E-state index in [4.69, 9.17) is 11.2 Å². The smallest absolute Gasteiger partial charge is 0.264 e. The number of nitrogens with zero attached hydrogens (tertiary/aromatic N) is 2. The Labute approximate surface area is 142 Å². The highest BCUT2D eigenvalue weighted by molar-refractivity contribution is 8.06. The second-order valence-corrected chi connectivity index (χ2v) is 7.87. The summed E-state index contributed by atoms with van der Waals surface area (Å²) in [6.45, 7) is 1.06. The van der Waals surface area contributed by atoms with Crippen LogP contribution < -0.4 is 9.54 Å². The fourth-order valence-corrected chi connectivity index (χ4v) is 3.58. The summed E-state index contributed by atoms with van der Waals surface area (Å²) in [6.07, 6.45) is 5.35. The third kappa shape index (κ3) is 3.72. The first-order valence-electron chi connectivity index (χ1n) is 6.70. The molecule has 1 aromatic carbocycles. The first kappa shape index (κ1) is 17.9. The van der Waals surface area contributed by atoms with E-state index in [1.165, 1.54) is 18.4 Å². The highest BCUT2D eigenvalue weighted by Gasteiger charge is 2.21. The van der Waals surface area contributed by atoms with E-state index in [2.05, 4.69) is 10.9 Å². The Morgan fingerprint density at radius 1 is 1.42 bits per heavy atom. The zero-order valence-corrected chi connectivity index (χ0v) is 14.6. The van der Waals surface area contributed by atoms with Crippen LogP contribution in [0.1, 0.15) is 6.92 Å². The number of amides is 1. The molecule has 0 aliphatic heterocycles. The van der Waals surface area contributed by atoms with Crippen LogP contribution in [-0.4, -0.2) is 36.9 Å². The maximum atomic E-state index is 11.9. The Balaban J connectivity index is 2.54. The molecule has 0 N–H and O–H groups in total. The molecule has 2 aromatic rings. The highest BCUT2D eigenvalue weighted by Crippen LogP contribution is 2.23. The van der Waals surface area contributed by atoms with Crippen molar-refractivity contribution in [2.75, 3.05) is 12.9 Å². The summed E-state index contributed by atoms with van der Waals surface area (Å²) in [4.78, 5) is 27.0. The average molecular weight is 366 g/mol. The van der Waals surface area contributed by atoms with Gasteiger partial charge in [0, 0.05) is 6.92 Å². The lowest BCUT2D eigenvalue weighted by atomic mass is 10.3. The minimum Gasteiger partial charge on any atom is -0.497 e. The minimum atomic E-state index is -4.13. The number of carbonyl (C=O) groups is 2. The van der Waals surface area contributed by atoms with Gasteiger partial charge in [0.15, 0.2) is 4.80 Å². The first-order valence-corrected chi connectivity index (χ1v) is 9.17. The average Bonchev–Trinajstić information content (AvgIpc) is 2.83. The topological polar surface area (TPSA) is 94.8 Å². The zero-order valence-electron chi connectivity index (χ0n) is 13.0. The molecule has 1 amide bonds. The molecular formula is C15H14N2O5S2. The minimum absolute atomic E-state index is 0.165. The van der Waals surface area contributed by atoms with Gasteiger partial charge in [0.1, 0.15) is 11.5 Å². The molecule has 1 aromatic heterocycles. The number of rotatable bonds is 4. The summed E-state index contributed by atoms with van der Waals surface area (Å²) in [5.41, 5.74) is 0.750. The molecule has 0 spiro atoms. The maximum absolute atomic E-state index is 11.9. The summed E-state index contributed by atoms with van der Waals surface area (Å²) >= 11 is 1.18. The van der Waals surface area contributed by atoms with Gasteiger partial charge < -0.3 is 9.30 Å². The molecular weight excluding hydrogens is 352 g/mol. The van der Waals surface area contributed by atoms with Crippen molar-refractivity contribution < 1.29 is 22.7 Å². The fraction of sp³-hybridized carbons (Fsp3) is 0.267. The van der Waals surface area contributed by atoms with Gasteiger partial charge >= 0.3 is 0 Å². The van der Waals surface area contributed by atoms with Crippen LogP contribution in [0.5, 0.6) is 5.75 Å². The van der Waals surface area contributed by atoms with Crippen LogP contribution in [0, 0.1) is 12.3 Å². The fourth-order valence-electron chi connectivity index (χ4n) is 1.91. The van der Waals surface area contributed by atoms with Crippen LogP contribution in [0.4, 0.5) is 0 Å².